The smallest absolute Gasteiger partial charge is 0.231 e. The summed E-state index contributed by atoms with van der Waals surface area (Å²) in [7, 11) is 1.51. The predicted octanol–water partition coefficient (Wildman–Crippen LogP) is 4.96. The fraction of sp³-hybridized carbons (Fsp3) is 0.0909. The summed E-state index contributed by atoms with van der Waals surface area (Å²) in [6.07, 6.45) is 3.66. The quantitative estimate of drug-likeness (QED) is 0.431. The van der Waals surface area contributed by atoms with Crippen LogP contribution in [-0.4, -0.2) is 34.6 Å². The van der Waals surface area contributed by atoms with Crippen LogP contribution in [0.3, 0.4) is 0 Å². The van der Waals surface area contributed by atoms with Gasteiger partial charge in [-0.05, 0) is 58.4 Å². The van der Waals surface area contributed by atoms with Crippen molar-refractivity contribution in [2.45, 2.75) is 0 Å². The molecule has 30 heavy (non-hydrogen) atoms. The Balaban J connectivity index is 1.64. The maximum absolute atomic E-state index is 9.94. The molecule has 2 aromatic carbocycles. The predicted molar refractivity (Wildman–Crippen MR) is 116 cm³/mol. The van der Waals surface area contributed by atoms with Gasteiger partial charge in [-0.25, -0.2) is 9.98 Å². The zero-order chi connectivity index (χ0) is 20.7. The molecule has 1 aliphatic heterocycles. The molecule has 0 amide bonds. The van der Waals surface area contributed by atoms with Crippen LogP contribution in [0.25, 0.3) is 16.9 Å². The first-order valence-corrected chi connectivity index (χ1v) is 9.91. The summed E-state index contributed by atoms with van der Waals surface area (Å²) in [6, 6.07) is 14.6. The van der Waals surface area contributed by atoms with Crippen molar-refractivity contribution in [2.24, 2.45) is 4.99 Å². The number of aliphatic imine (C=N–C) groups is 1. The molecule has 0 aliphatic carbocycles. The molecule has 0 radical (unpaired) electrons. The monoisotopic (exact) mass is 465 g/mol. The Hall–Kier alpha value is -3.52. The zero-order valence-electron chi connectivity index (χ0n) is 15.9. The number of phenolic OH excluding ortho intramolecular Hbond substituents is 1. The summed E-state index contributed by atoms with van der Waals surface area (Å²) < 4.78 is 18.9. The number of ether oxygens (including phenoxy) is 3. The van der Waals surface area contributed by atoms with Crippen molar-refractivity contribution in [2.75, 3.05) is 13.9 Å². The maximum Gasteiger partial charge on any atom is 0.231 e. The molecule has 0 saturated carbocycles. The number of aromatic nitrogens is 2. The molecule has 0 atom stereocenters. The van der Waals surface area contributed by atoms with Gasteiger partial charge in [-0.3, -0.25) is 4.40 Å². The molecule has 4 aromatic rings. The number of hydrogen-bond acceptors (Lipinski definition) is 6. The molecule has 8 heteroatoms. The number of rotatable bonds is 4. The second-order valence-electron chi connectivity index (χ2n) is 6.58. The SMILES string of the molecule is COc1cc(-c2nc3ccccn3c2/N=C/c2cc3c(cc2Br)OCO3)ccc1O. The van der Waals surface area contributed by atoms with Crippen LogP contribution in [0.5, 0.6) is 23.0 Å². The van der Waals surface area contributed by atoms with Crippen molar-refractivity contribution >= 4 is 33.6 Å². The average Bonchev–Trinajstić information content (AvgIpc) is 3.36. The lowest BCUT2D eigenvalue weighted by molar-refractivity contribution is 0.174. The third kappa shape index (κ3) is 3.15. The normalized spacial score (nSPS) is 12.7. The van der Waals surface area contributed by atoms with Gasteiger partial charge in [-0.15, -0.1) is 0 Å². The topological polar surface area (TPSA) is 77.6 Å². The molecule has 7 nitrogen and oxygen atoms in total. The number of benzene rings is 2. The molecule has 0 saturated heterocycles. The summed E-state index contributed by atoms with van der Waals surface area (Å²) >= 11 is 3.56. The number of aromatic hydroxyl groups is 1. The first-order chi connectivity index (χ1) is 14.6. The van der Waals surface area contributed by atoms with Crippen molar-refractivity contribution in [1.82, 2.24) is 9.38 Å². The standard InChI is InChI=1S/C22H16BrN3O4/c1-28-17-8-13(5-6-16(17)27)21-22(26-7-3-2-4-20(26)25-21)24-11-14-9-18-19(10-15(14)23)30-12-29-18/h2-11,27H,12H2,1H3/b24-11+. The van der Waals surface area contributed by atoms with Crippen LogP contribution < -0.4 is 14.2 Å². The molecule has 2 aromatic heterocycles. The highest BCUT2D eigenvalue weighted by Crippen LogP contribution is 2.38. The van der Waals surface area contributed by atoms with Crippen LogP contribution in [0.2, 0.25) is 0 Å². The molecular formula is C22H16BrN3O4. The van der Waals surface area contributed by atoms with Gasteiger partial charge in [0.05, 0.1) is 7.11 Å². The van der Waals surface area contributed by atoms with Gasteiger partial charge in [0.1, 0.15) is 11.3 Å². The van der Waals surface area contributed by atoms with Crippen molar-refractivity contribution in [3.63, 3.8) is 0 Å². The highest BCUT2D eigenvalue weighted by molar-refractivity contribution is 9.10. The van der Waals surface area contributed by atoms with Gasteiger partial charge in [0, 0.05) is 28.0 Å². The van der Waals surface area contributed by atoms with Crippen LogP contribution >= 0.6 is 15.9 Å². The fourth-order valence-corrected chi connectivity index (χ4v) is 3.71. The Kier molecular flexibility index (Phi) is 4.55. The molecule has 0 fully saturated rings. The number of phenols is 1. The van der Waals surface area contributed by atoms with Gasteiger partial charge in [0.2, 0.25) is 6.79 Å². The number of fused-ring (bicyclic) bond motifs is 2. The van der Waals surface area contributed by atoms with Gasteiger partial charge < -0.3 is 19.3 Å². The van der Waals surface area contributed by atoms with E-state index in [0.29, 0.717) is 28.8 Å². The number of methoxy groups -OCH3 is 1. The lowest BCUT2D eigenvalue weighted by atomic mass is 10.1. The van der Waals surface area contributed by atoms with Crippen molar-refractivity contribution < 1.29 is 19.3 Å². The fourth-order valence-electron chi connectivity index (χ4n) is 3.29. The Labute approximate surface area is 180 Å². The molecular weight excluding hydrogens is 450 g/mol. The second-order valence-corrected chi connectivity index (χ2v) is 7.44. The molecule has 0 bridgehead atoms. The van der Waals surface area contributed by atoms with E-state index in [2.05, 4.69) is 15.9 Å². The van der Waals surface area contributed by atoms with E-state index in [1.807, 2.05) is 40.9 Å². The van der Waals surface area contributed by atoms with Gasteiger partial charge in [0.25, 0.3) is 0 Å². The van der Waals surface area contributed by atoms with Crippen molar-refractivity contribution in [3.8, 4) is 34.3 Å². The van der Waals surface area contributed by atoms with Gasteiger partial charge in [-0.2, -0.15) is 0 Å². The van der Waals surface area contributed by atoms with Crippen LogP contribution in [0.4, 0.5) is 5.82 Å². The third-order valence-electron chi connectivity index (χ3n) is 4.78. The first kappa shape index (κ1) is 18.5. The molecule has 0 spiro atoms. The number of pyridine rings is 1. The molecule has 0 unspecified atom stereocenters. The lowest BCUT2D eigenvalue weighted by Gasteiger charge is -2.06. The van der Waals surface area contributed by atoms with E-state index in [4.69, 9.17) is 24.2 Å². The van der Waals surface area contributed by atoms with Gasteiger partial charge in [-0.1, -0.05) is 6.07 Å². The van der Waals surface area contributed by atoms with E-state index in [9.17, 15) is 5.11 Å². The highest BCUT2D eigenvalue weighted by Gasteiger charge is 2.17. The number of hydrogen-bond donors (Lipinski definition) is 1. The van der Waals surface area contributed by atoms with E-state index in [1.54, 1.807) is 24.4 Å². The molecule has 1 N–H and O–H groups in total. The number of halogens is 1. The van der Waals surface area contributed by atoms with Crippen molar-refractivity contribution in [3.05, 3.63) is 64.8 Å². The van der Waals surface area contributed by atoms with Crippen LogP contribution in [0.15, 0.2) is 64.2 Å². The molecule has 5 rings (SSSR count). The summed E-state index contributed by atoms with van der Waals surface area (Å²) in [5.74, 6) is 2.48. The van der Waals surface area contributed by atoms with Crippen LogP contribution in [0, 0.1) is 0 Å². The minimum Gasteiger partial charge on any atom is -0.504 e. The third-order valence-corrected chi connectivity index (χ3v) is 5.46. The Morgan fingerprint density at radius 3 is 2.83 bits per heavy atom. The summed E-state index contributed by atoms with van der Waals surface area (Å²) in [6.45, 7) is 0.211. The Morgan fingerprint density at radius 2 is 2.00 bits per heavy atom. The molecule has 3 heterocycles. The first-order valence-electron chi connectivity index (χ1n) is 9.12. The van der Waals surface area contributed by atoms with E-state index < -0.39 is 0 Å². The minimum atomic E-state index is 0.0688. The van der Waals surface area contributed by atoms with E-state index in [1.165, 1.54) is 7.11 Å². The number of imidazole rings is 1. The summed E-state index contributed by atoms with van der Waals surface area (Å²) in [5.41, 5.74) is 3.06. The number of nitrogens with zero attached hydrogens (tertiary/aromatic N) is 3. The Bertz CT molecular complexity index is 1300. The summed E-state index contributed by atoms with van der Waals surface area (Å²) in [4.78, 5) is 9.49. The average molecular weight is 466 g/mol. The van der Waals surface area contributed by atoms with Crippen LogP contribution in [0.1, 0.15) is 5.56 Å². The Morgan fingerprint density at radius 1 is 1.17 bits per heavy atom. The maximum atomic E-state index is 9.94. The van der Waals surface area contributed by atoms with E-state index >= 15 is 0 Å². The van der Waals surface area contributed by atoms with E-state index in [-0.39, 0.29) is 12.5 Å². The van der Waals surface area contributed by atoms with Crippen molar-refractivity contribution in [1.29, 1.82) is 0 Å². The van der Waals surface area contributed by atoms with Crippen LogP contribution in [-0.2, 0) is 0 Å². The highest BCUT2D eigenvalue weighted by atomic mass is 79.9. The molecule has 1 aliphatic rings. The largest absolute Gasteiger partial charge is 0.504 e. The summed E-state index contributed by atoms with van der Waals surface area (Å²) in [5, 5.41) is 9.94. The second kappa shape index (κ2) is 7.38. The zero-order valence-corrected chi connectivity index (χ0v) is 17.5. The molecule has 150 valence electrons. The van der Waals surface area contributed by atoms with Gasteiger partial charge in [0.15, 0.2) is 28.8 Å². The van der Waals surface area contributed by atoms with Gasteiger partial charge >= 0.3 is 0 Å². The lowest BCUT2D eigenvalue weighted by Crippen LogP contribution is -1.92. The van der Waals surface area contributed by atoms with E-state index in [0.717, 1.165) is 21.2 Å². The minimum absolute atomic E-state index is 0.0688.